The van der Waals surface area contributed by atoms with Crippen LogP contribution in [-0.4, -0.2) is 37.1 Å². The monoisotopic (exact) mass is 222 g/mol. The summed E-state index contributed by atoms with van der Waals surface area (Å²) in [5, 5.41) is 3.46. The van der Waals surface area contributed by atoms with E-state index >= 15 is 0 Å². The maximum atomic E-state index is 5.71. The lowest BCUT2D eigenvalue weighted by atomic mass is 9.72. The molecule has 0 radical (unpaired) electrons. The van der Waals surface area contributed by atoms with Crippen molar-refractivity contribution in [2.24, 2.45) is 5.92 Å². The molecule has 1 fully saturated rings. The number of nitrogens with zero attached hydrogens (tertiary/aromatic N) is 1. The first-order valence-electron chi connectivity index (χ1n) is 6.43. The lowest BCUT2D eigenvalue weighted by Crippen LogP contribution is -2.60. The Labute approximate surface area is 101 Å². The second kappa shape index (κ2) is 5.70. The Morgan fingerprint density at radius 1 is 1.44 bits per heavy atom. The predicted molar refractivity (Wildman–Crippen MR) is 70.3 cm³/mol. The summed E-state index contributed by atoms with van der Waals surface area (Å²) in [7, 11) is 4.33. The molecule has 0 aromatic carbocycles. The van der Waals surface area contributed by atoms with Gasteiger partial charge in [-0.05, 0) is 52.2 Å². The Bertz CT molecular complexity index is 244. The Hall–Kier alpha value is -0.520. The van der Waals surface area contributed by atoms with Crippen molar-refractivity contribution in [1.29, 1.82) is 0 Å². The summed E-state index contributed by atoms with van der Waals surface area (Å²) in [6.07, 6.45) is 10.7. The number of rotatable bonds is 4. The fourth-order valence-corrected chi connectivity index (χ4v) is 2.86. The van der Waals surface area contributed by atoms with E-state index in [1.165, 1.54) is 25.7 Å². The number of terminal acetylenes is 1. The average Bonchev–Trinajstić information content (AvgIpc) is 2.27. The van der Waals surface area contributed by atoms with Gasteiger partial charge in [-0.3, -0.25) is 0 Å². The Kier molecular flexibility index (Phi) is 4.83. The molecule has 1 saturated carbocycles. The predicted octanol–water partition coefficient (Wildman–Crippen LogP) is 2.11. The van der Waals surface area contributed by atoms with Gasteiger partial charge in [0.2, 0.25) is 0 Å². The standard InChI is InChI=1S/C14H26N2/c1-6-13(15-7-2)14(16(4)5)10-8-12(3)9-11-14/h1,12-13,15H,7-11H2,2-5H3. The fraction of sp³-hybridized carbons (Fsp3) is 0.857. The average molecular weight is 222 g/mol. The molecule has 0 aliphatic heterocycles. The van der Waals surface area contributed by atoms with Crippen molar-refractivity contribution in [3.63, 3.8) is 0 Å². The van der Waals surface area contributed by atoms with Crippen molar-refractivity contribution in [3.05, 3.63) is 0 Å². The van der Waals surface area contributed by atoms with Gasteiger partial charge >= 0.3 is 0 Å². The topological polar surface area (TPSA) is 15.3 Å². The molecule has 0 aromatic heterocycles. The lowest BCUT2D eigenvalue weighted by molar-refractivity contribution is 0.0624. The van der Waals surface area contributed by atoms with Crippen molar-refractivity contribution in [3.8, 4) is 12.3 Å². The molecule has 0 aromatic rings. The van der Waals surface area contributed by atoms with Crippen LogP contribution in [0.2, 0.25) is 0 Å². The zero-order valence-corrected chi connectivity index (χ0v) is 11.2. The molecule has 1 rings (SSSR count). The third kappa shape index (κ3) is 2.59. The van der Waals surface area contributed by atoms with E-state index in [9.17, 15) is 0 Å². The molecular weight excluding hydrogens is 196 g/mol. The van der Waals surface area contributed by atoms with Crippen LogP contribution in [0.3, 0.4) is 0 Å². The van der Waals surface area contributed by atoms with Crippen molar-refractivity contribution in [2.75, 3.05) is 20.6 Å². The van der Waals surface area contributed by atoms with Gasteiger partial charge < -0.3 is 10.2 Å². The SMILES string of the molecule is C#CC(NCC)C1(N(C)C)CCC(C)CC1. The molecule has 0 saturated heterocycles. The number of hydrogen-bond donors (Lipinski definition) is 1. The molecule has 1 N–H and O–H groups in total. The largest absolute Gasteiger partial charge is 0.302 e. The summed E-state index contributed by atoms with van der Waals surface area (Å²) in [5.74, 6) is 3.81. The van der Waals surface area contributed by atoms with Crippen LogP contribution in [0.15, 0.2) is 0 Å². The van der Waals surface area contributed by atoms with E-state index in [2.05, 4.69) is 44.1 Å². The van der Waals surface area contributed by atoms with Crippen LogP contribution in [0, 0.1) is 18.3 Å². The summed E-state index contributed by atoms with van der Waals surface area (Å²) in [6, 6.07) is 0.181. The van der Waals surface area contributed by atoms with Gasteiger partial charge in [0.15, 0.2) is 0 Å². The molecule has 1 aliphatic carbocycles. The minimum absolute atomic E-state index is 0.164. The van der Waals surface area contributed by atoms with E-state index in [0.29, 0.717) is 0 Å². The van der Waals surface area contributed by atoms with Crippen LogP contribution in [-0.2, 0) is 0 Å². The minimum Gasteiger partial charge on any atom is -0.302 e. The summed E-state index contributed by atoms with van der Waals surface area (Å²) in [5.41, 5.74) is 0.164. The Morgan fingerprint density at radius 2 is 2.00 bits per heavy atom. The molecule has 2 nitrogen and oxygen atoms in total. The zero-order chi connectivity index (χ0) is 12.2. The molecule has 0 bridgehead atoms. The van der Waals surface area contributed by atoms with Gasteiger partial charge in [0.1, 0.15) is 0 Å². The van der Waals surface area contributed by atoms with Gasteiger partial charge in [0, 0.05) is 5.54 Å². The van der Waals surface area contributed by atoms with Crippen molar-refractivity contribution in [1.82, 2.24) is 10.2 Å². The molecule has 0 heterocycles. The van der Waals surface area contributed by atoms with E-state index in [1.807, 2.05) is 0 Å². The lowest BCUT2D eigenvalue weighted by Gasteiger charge is -2.48. The van der Waals surface area contributed by atoms with Crippen molar-refractivity contribution < 1.29 is 0 Å². The van der Waals surface area contributed by atoms with Crippen LogP contribution < -0.4 is 5.32 Å². The van der Waals surface area contributed by atoms with Crippen molar-refractivity contribution in [2.45, 2.75) is 51.1 Å². The van der Waals surface area contributed by atoms with Gasteiger partial charge in [0.25, 0.3) is 0 Å². The van der Waals surface area contributed by atoms with E-state index in [-0.39, 0.29) is 11.6 Å². The number of likely N-dealkylation sites (N-methyl/N-ethyl adjacent to an activating group) is 2. The summed E-state index contributed by atoms with van der Waals surface area (Å²) in [4.78, 5) is 2.34. The van der Waals surface area contributed by atoms with Crippen LogP contribution in [0.25, 0.3) is 0 Å². The summed E-state index contributed by atoms with van der Waals surface area (Å²) >= 11 is 0. The van der Waals surface area contributed by atoms with Gasteiger partial charge in [0.05, 0.1) is 6.04 Å². The van der Waals surface area contributed by atoms with Gasteiger partial charge in [-0.25, -0.2) is 0 Å². The zero-order valence-electron chi connectivity index (χ0n) is 11.2. The first-order chi connectivity index (χ1) is 7.56. The van der Waals surface area contributed by atoms with Crippen LogP contribution in [0.4, 0.5) is 0 Å². The van der Waals surface area contributed by atoms with E-state index in [0.717, 1.165) is 12.5 Å². The summed E-state index contributed by atoms with van der Waals surface area (Å²) < 4.78 is 0. The van der Waals surface area contributed by atoms with Gasteiger partial charge in [-0.2, -0.15) is 0 Å². The second-order valence-corrected chi connectivity index (χ2v) is 5.34. The normalized spacial score (nSPS) is 32.4. The molecule has 1 aliphatic rings. The minimum atomic E-state index is 0.164. The van der Waals surface area contributed by atoms with E-state index < -0.39 is 0 Å². The fourth-order valence-electron chi connectivity index (χ4n) is 2.86. The number of hydrogen-bond acceptors (Lipinski definition) is 2. The molecule has 0 amide bonds. The maximum Gasteiger partial charge on any atom is 0.0873 e. The smallest absolute Gasteiger partial charge is 0.0873 e. The van der Waals surface area contributed by atoms with Crippen LogP contribution >= 0.6 is 0 Å². The highest BCUT2D eigenvalue weighted by Gasteiger charge is 2.41. The maximum absolute atomic E-state index is 5.71. The summed E-state index contributed by atoms with van der Waals surface area (Å²) in [6.45, 7) is 5.41. The third-order valence-corrected chi connectivity index (χ3v) is 4.14. The highest BCUT2D eigenvalue weighted by atomic mass is 15.2. The number of nitrogens with one attached hydrogen (secondary N) is 1. The van der Waals surface area contributed by atoms with E-state index in [4.69, 9.17) is 6.42 Å². The molecular formula is C14H26N2. The molecule has 2 heteroatoms. The molecule has 92 valence electrons. The first-order valence-corrected chi connectivity index (χ1v) is 6.43. The highest BCUT2D eigenvalue weighted by molar-refractivity contribution is 5.14. The van der Waals surface area contributed by atoms with Crippen LogP contribution in [0.1, 0.15) is 39.5 Å². The highest BCUT2D eigenvalue weighted by Crippen LogP contribution is 2.37. The molecule has 1 atom stereocenters. The Balaban J connectivity index is 2.84. The first kappa shape index (κ1) is 13.5. The quantitative estimate of drug-likeness (QED) is 0.733. The van der Waals surface area contributed by atoms with Crippen molar-refractivity contribution >= 4 is 0 Å². The second-order valence-electron chi connectivity index (χ2n) is 5.34. The third-order valence-electron chi connectivity index (χ3n) is 4.14. The van der Waals surface area contributed by atoms with Gasteiger partial charge in [-0.1, -0.05) is 19.8 Å². The molecule has 0 spiro atoms. The van der Waals surface area contributed by atoms with E-state index in [1.54, 1.807) is 0 Å². The van der Waals surface area contributed by atoms with Gasteiger partial charge in [-0.15, -0.1) is 6.42 Å². The molecule has 1 unspecified atom stereocenters. The van der Waals surface area contributed by atoms with Crippen LogP contribution in [0.5, 0.6) is 0 Å². The Morgan fingerprint density at radius 3 is 2.38 bits per heavy atom. The molecule has 16 heavy (non-hydrogen) atoms.